The SMILES string of the molecule is Cc1cc(-c2cccc3ccccc23)ccc1N. The van der Waals surface area contributed by atoms with E-state index in [1.807, 2.05) is 13.0 Å². The Morgan fingerprint density at radius 2 is 1.61 bits per heavy atom. The average Bonchev–Trinajstić information content (AvgIpc) is 2.41. The molecule has 3 aromatic rings. The largest absolute Gasteiger partial charge is 0.399 e. The van der Waals surface area contributed by atoms with E-state index < -0.39 is 0 Å². The van der Waals surface area contributed by atoms with Crippen LogP contribution in [-0.4, -0.2) is 0 Å². The fraction of sp³-hybridized carbons (Fsp3) is 0.0588. The van der Waals surface area contributed by atoms with Crippen molar-refractivity contribution < 1.29 is 0 Å². The van der Waals surface area contributed by atoms with E-state index in [0.717, 1.165) is 11.3 Å². The first-order valence-corrected chi connectivity index (χ1v) is 6.10. The molecular formula is C17H15N. The number of anilines is 1. The summed E-state index contributed by atoms with van der Waals surface area (Å²) in [5.41, 5.74) is 10.3. The quantitative estimate of drug-likeness (QED) is 0.619. The molecule has 1 heteroatoms. The molecule has 3 aromatic carbocycles. The van der Waals surface area contributed by atoms with Gasteiger partial charge < -0.3 is 5.73 Å². The molecule has 0 amide bonds. The third-order valence-corrected chi connectivity index (χ3v) is 3.37. The van der Waals surface area contributed by atoms with Crippen molar-refractivity contribution in [1.29, 1.82) is 0 Å². The van der Waals surface area contributed by atoms with Crippen molar-refractivity contribution in [3.8, 4) is 11.1 Å². The Morgan fingerprint density at radius 1 is 0.833 bits per heavy atom. The molecular weight excluding hydrogens is 218 g/mol. The van der Waals surface area contributed by atoms with Gasteiger partial charge in [-0.2, -0.15) is 0 Å². The zero-order chi connectivity index (χ0) is 12.5. The Balaban J connectivity index is 2.28. The Bertz CT molecular complexity index is 708. The highest BCUT2D eigenvalue weighted by Gasteiger charge is 2.04. The molecule has 1 nitrogen and oxygen atoms in total. The molecule has 0 fully saturated rings. The van der Waals surface area contributed by atoms with Crippen LogP contribution >= 0.6 is 0 Å². The van der Waals surface area contributed by atoms with Crippen LogP contribution in [0.3, 0.4) is 0 Å². The maximum absolute atomic E-state index is 5.88. The van der Waals surface area contributed by atoms with Crippen LogP contribution in [0, 0.1) is 6.92 Å². The zero-order valence-corrected chi connectivity index (χ0v) is 10.4. The minimum atomic E-state index is 0.846. The van der Waals surface area contributed by atoms with E-state index >= 15 is 0 Å². The van der Waals surface area contributed by atoms with Crippen LogP contribution in [0.5, 0.6) is 0 Å². The summed E-state index contributed by atoms with van der Waals surface area (Å²) in [6.45, 7) is 2.05. The summed E-state index contributed by atoms with van der Waals surface area (Å²) in [6, 6.07) is 21.1. The van der Waals surface area contributed by atoms with Crippen molar-refractivity contribution in [2.45, 2.75) is 6.92 Å². The van der Waals surface area contributed by atoms with E-state index in [4.69, 9.17) is 5.73 Å². The molecule has 0 bridgehead atoms. The number of aryl methyl sites for hydroxylation is 1. The van der Waals surface area contributed by atoms with E-state index in [1.165, 1.54) is 21.9 Å². The van der Waals surface area contributed by atoms with Crippen molar-refractivity contribution in [2.75, 3.05) is 5.73 Å². The molecule has 88 valence electrons. The molecule has 0 heterocycles. The molecule has 2 N–H and O–H groups in total. The summed E-state index contributed by atoms with van der Waals surface area (Å²) < 4.78 is 0. The van der Waals surface area contributed by atoms with Gasteiger partial charge in [0.1, 0.15) is 0 Å². The summed E-state index contributed by atoms with van der Waals surface area (Å²) in [4.78, 5) is 0. The lowest BCUT2D eigenvalue weighted by Gasteiger charge is -2.09. The molecule has 0 aromatic heterocycles. The predicted molar refractivity (Wildman–Crippen MR) is 78.5 cm³/mol. The lowest BCUT2D eigenvalue weighted by Crippen LogP contribution is -1.90. The number of rotatable bonds is 1. The molecule has 0 aliphatic rings. The van der Waals surface area contributed by atoms with Gasteiger partial charge in [0, 0.05) is 5.69 Å². The maximum Gasteiger partial charge on any atom is 0.0344 e. The monoisotopic (exact) mass is 233 g/mol. The highest BCUT2D eigenvalue weighted by atomic mass is 14.5. The second kappa shape index (κ2) is 4.19. The first-order chi connectivity index (χ1) is 8.75. The summed E-state index contributed by atoms with van der Waals surface area (Å²) in [6.07, 6.45) is 0. The molecule has 0 aliphatic heterocycles. The highest BCUT2D eigenvalue weighted by Crippen LogP contribution is 2.30. The van der Waals surface area contributed by atoms with Gasteiger partial charge in [0.25, 0.3) is 0 Å². The highest BCUT2D eigenvalue weighted by molar-refractivity contribution is 5.96. The zero-order valence-electron chi connectivity index (χ0n) is 10.4. The summed E-state index contributed by atoms with van der Waals surface area (Å²) in [5, 5.41) is 2.55. The second-order valence-corrected chi connectivity index (χ2v) is 4.60. The minimum absolute atomic E-state index is 0.846. The van der Waals surface area contributed by atoms with Crippen LogP contribution < -0.4 is 5.73 Å². The van der Waals surface area contributed by atoms with Gasteiger partial charge in [-0.3, -0.25) is 0 Å². The van der Waals surface area contributed by atoms with Crippen LogP contribution in [0.2, 0.25) is 0 Å². The predicted octanol–water partition coefficient (Wildman–Crippen LogP) is 4.40. The maximum atomic E-state index is 5.88. The molecule has 3 rings (SSSR count). The van der Waals surface area contributed by atoms with E-state index in [1.54, 1.807) is 0 Å². The first-order valence-electron chi connectivity index (χ1n) is 6.10. The number of nitrogens with two attached hydrogens (primary N) is 1. The van der Waals surface area contributed by atoms with Gasteiger partial charge in [0.05, 0.1) is 0 Å². The molecule has 0 radical (unpaired) electrons. The van der Waals surface area contributed by atoms with Gasteiger partial charge in [-0.05, 0) is 46.5 Å². The third kappa shape index (κ3) is 1.74. The average molecular weight is 233 g/mol. The number of hydrogen-bond donors (Lipinski definition) is 1. The summed E-state index contributed by atoms with van der Waals surface area (Å²) in [7, 11) is 0. The first kappa shape index (κ1) is 10.8. The second-order valence-electron chi connectivity index (χ2n) is 4.60. The lowest BCUT2D eigenvalue weighted by atomic mass is 9.97. The van der Waals surface area contributed by atoms with Crippen LogP contribution in [0.1, 0.15) is 5.56 Å². The molecule has 0 atom stereocenters. The summed E-state index contributed by atoms with van der Waals surface area (Å²) in [5.74, 6) is 0. The molecule has 18 heavy (non-hydrogen) atoms. The fourth-order valence-corrected chi connectivity index (χ4v) is 2.32. The third-order valence-electron chi connectivity index (χ3n) is 3.37. The van der Waals surface area contributed by atoms with Gasteiger partial charge >= 0.3 is 0 Å². The number of benzene rings is 3. The van der Waals surface area contributed by atoms with E-state index in [9.17, 15) is 0 Å². The number of hydrogen-bond acceptors (Lipinski definition) is 1. The smallest absolute Gasteiger partial charge is 0.0344 e. The molecule has 0 saturated heterocycles. The van der Waals surface area contributed by atoms with Crippen LogP contribution in [0.25, 0.3) is 21.9 Å². The Kier molecular flexibility index (Phi) is 2.52. The Hall–Kier alpha value is -2.28. The molecule has 0 aliphatic carbocycles. The normalized spacial score (nSPS) is 10.7. The van der Waals surface area contributed by atoms with Crippen molar-refractivity contribution in [2.24, 2.45) is 0 Å². The van der Waals surface area contributed by atoms with Gasteiger partial charge in [0.15, 0.2) is 0 Å². The number of fused-ring (bicyclic) bond motifs is 1. The van der Waals surface area contributed by atoms with Gasteiger partial charge in [0.2, 0.25) is 0 Å². The van der Waals surface area contributed by atoms with Gasteiger partial charge in [-0.15, -0.1) is 0 Å². The van der Waals surface area contributed by atoms with E-state index in [2.05, 4.69) is 54.6 Å². The molecule has 0 saturated carbocycles. The molecule has 0 spiro atoms. The van der Waals surface area contributed by atoms with Crippen molar-refractivity contribution >= 4 is 16.5 Å². The number of nitrogen functional groups attached to an aromatic ring is 1. The van der Waals surface area contributed by atoms with E-state index in [0.29, 0.717) is 0 Å². The fourth-order valence-electron chi connectivity index (χ4n) is 2.32. The topological polar surface area (TPSA) is 26.0 Å². The van der Waals surface area contributed by atoms with E-state index in [-0.39, 0.29) is 0 Å². The lowest BCUT2D eigenvalue weighted by molar-refractivity contribution is 1.47. The minimum Gasteiger partial charge on any atom is -0.399 e. The van der Waals surface area contributed by atoms with Gasteiger partial charge in [-0.1, -0.05) is 48.5 Å². The van der Waals surface area contributed by atoms with Crippen LogP contribution in [-0.2, 0) is 0 Å². The standard InChI is InChI=1S/C17H15N/c1-12-11-14(9-10-17(12)18)16-8-4-6-13-5-2-3-7-15(13)16/h2-11H,18H2,1H3. The Morgan fingerprint density at radius 3 is 2.44 bits per heavy atom. The Labute approximate surface area is 107 Å². The molecule has 0 unspecified atom stereocenters. The summed E-state index contributed by atoms with van der Waals surface area (Å²) >= 11 is 0. The van der Waals surface area contributed by atoms with Crippen molar-refractivity contribution in [3.05, 3.63) is 66.2 Å². The van der Waals surface area contributed by atoms with Crippen molar-refractivity contribution in [3.63, 3.8) is 0 Å². The van der Waals surface area contributed by atoms with Gasteiger partial charge in [-0.25, -0.2) is 0 Å². The van der Waals surface area contributed by atoms with Crippen LogP contribution in [0.4, 0.5) is 5.69 Å². The van der Waals surface area contributed by atoms with Crippen molar-refractivity contribution in [1.82, 2.24) is 0 Å². The van der Waals surface area contributed by atoms with Crippen LogP contribution in [0.15, 0.2) is 60.7 Å².